The van der Waals surface area contributed by atoms with Crippen LogP contribution in [0.3, 0.4) is 0 Å². The second-order valence-corrected chi connectivity index (χ2v) is 8.86. The van der Waals surface area contributed by atoms with Crippen LogP contribution in [-0.4, -0.2) is 7.11 Å². The third kappa shape index (κ3) is 1.77. The van der Waals surface area contributed by atoms with Crippen molar-refractivity contribution in [3.05, 3.63) is 76.3 Å². The van der Waals surface area contributed by atoms with Gasteiger partial charge in [-0.25, -0.2) is 0 Å². The largest absolute Gasteiger partial charge is 0.495 e. The summed E-state index contributed by atoms with van der Waals surface area (Å²) < 4.78 is 6.09. The summed E-state index contributed by atoms with van der Waals surface area (Å²) >= 11 is 0. The molecule has 0 bridgehead atoms. The first kappa shape index (κ1) is 17.1. The Morgan fingerprint density at radius 1 is 0.750 bits per heavy atom. The molecule has 0 radical (unpaired) electrons. The molecule has 0 heterocycles. The predicted octanol–water partition coefficient (Wildman–Crippen LogP) is 6.18. The van der Waals surface area contributed by atoms with Crippen molar-refractivity contribution in [2.45, 2.75) is 38.5 Å². The number of ether oxygens (including phenoxy) is 1. The Kier molecular flexibility index (Phi) is 3.21. The van der Waals surface area contributed by atoms with Gasteiger partial charge < -0.3 is 4.74 Å². The van der Waals surface area contributed by atoms with Crippen LogP contribution in [0.2, 0.25) is 0 Å². The lowest BCUT2D eigenvalue weighted by molar-refractivity contribution is 0.417. The molecule has 0 aromatic heterocycles. The van der Waals surface area contributed by atoms with Crippen LogP contribution in [0, 0.1) is 11.3 Å². The molecule has 2 heteroatoms. The van der Waals surface area contributed by atoms with Crippen LogP contribution in [0.5, 0.6) is 5.75 Å². The molecule has 0 saturated carbocycles. The highest BCUT2D eigenvalue weighted by molar-refractivity contribution is 5.98. The second kappa shape index (κ2) is 5.26. The molecule has 0 atom stereocenters. The van der Waals surface area contributed by atoms with Gasteiger partial charge in [-0.3, -0.25) is 0 Å². The van der Waals surface area contributed by atoms with E-state index in [9.17, 15) is 5.26 Å². The molecule has 3 aromatic rings. The lowest BCUT2D eigenvalue weighted by Crippen LogP contribution is -2.22. The zero-order valence-corrected chi connectivity index (χ0v) is 17.0. The normalized spacial score (nSPS) is 16.6. The molecular formula is C26H23NO. The van der Waals surface area contributed by atoms with Crippen molar-refractivity contribution in [1.29, 1.82) is 5.26 Å². The van der Waals surface area contributed by atoms with E-state index in [0.717, 1.165) is 33.6 Å². The summed E-state index contributed by atoms with van der Waals surface area (Å²) in [5.41, 5.74) is 9.59. The SMILES string of the molecule is COc1c2c(c(C#N)c3c1-c1ccccc1C3(C)C)C(C)(C)c1ccccc1-2. The average molecular weight is 365 g/mol. The molecule has 0 fully saturated rings. The predicted molar refractivity (Wildman–Crippen MR) is 113 cm³/mol. The summed E-state index contributed by atoms with van der Waals surface area (Å²) in [5, 5.41) is 10.4. The molecular weight excluding hydrogens is 342 g/mol. The van der Waals surface area contributed by atoms with E-state index in [1.165, 1.54) is 22.3 Å². The molecule has 0 amide bonds. The van der Waals surface area contributed by atoms with Gasteiger partial charge in [0.2, 0.25) is 0 Å². The lowest BCUT2D eigenvalue weighted by Gasteiger charge is -2.28. The van der Waals surface area contributed by atoms with E-state index < -0.39 is 0 Å². The fourth-order valence-corrected chi connectivity index (χ4v) is 5.57. The first-order valence-corrected chi connectivity index (χ1v) is 9.74. The van der Waals surface area contributed by atoms with E-state index in [1.807, 2.05) is 0 Å². The molecule has 0 spiro atoms. The van der Waals surface area contributed by atoms with E-state index >= 15 is 0 Å². The molecule has 2 aliphatic rings. The monoisotopic (exact) mass is 365 g/mol. The van der Waals surface area contributed by atoms with Crippen LogP contribution in [0.25, 0.3) is 22.3 Å². The zero-order chi connectivity index (χ0) is 19.8. The van der Waals surface area contributed by atoms with Gasteiger partial charge in [0.05, 0.1) is 18.7 Å². The Labute approximate surface area is 166 Å². The number of rotatable bonds is 1. The van der Waals surface area contributed by atoms with Crippen LogP contribution in [-0.2, 0) is 10.8 Å². The number of nitrogens with zero attached hydrogens (tertiary/aromatic N) is 1. The van der Waals surface area contributed by atoms with Gasteiger partial charge in [-0.15, -0.1) is 0 Å². The van der Waals surface area contributed by atoms with Crippen molar-refractivity contribution in [1.82, 2.24) is 0 Å². The topological polar surface area (TPSA) is 33.0 Å². The van der Waals surface area contributed by atoms with E-state index in [1.54, 1.807) is 7.11 Å². The van der Waals surface area contributed by atoms with Crippen LogP contribution < -0.4 is 4.74 Å². The summed E-state index contributed by atoms with van der Waals surface area (Å²) in [5.74, 6) is 0.903. The van der Waals surface area contributed by atoms with Crippen molar-refractivity contribution in [2.75, 3.05) is 7.11 Å². The Morgan fingerprint density at radius 2 is 1.18 bits per heavy atom. The highest BCUT2D eigenvalue weighted by Crippen LogP contribution is 2.62. The minimum atomic E-state index is -0.246. The molecule has 5 rings (SSSR count). The third-order valence-corrected chi connectivity index (χ3v) is 6.76. The van der Waals surface area contributed by atoms with Gasteiger partial charge in [0.1, 0.15) is 5.75 Å². The van der Waals surface area contributed by atoms with Gasteiger partial charge in [-0.2, -0.15) is 5.26 Å². The van der Waals surface area contributed by atoms with Crippen molar-refractivity contribution in [3.8, 4) is 34.1 Å². The molecule has 2 aliphatic carbocycles. The van der Waals surface area contributed by atoms with Crippen molar-refractivity contribution in [2.24, 2.45) is 0 Å². The summed E-state index contributed by atoms with van der Waals surface area (Å²) in [4.78, 5) is 0. The quantitative estimate of drug-likeness (QED) is 0.516. The molecule has 0 N–H and O–H groups in total. The van der Waals surface area contributed by atoms with Crippen LogP contribution in [0.15, 0.2) is 48.5 Å². The van der Waals surface area contributed by atoms with Gasteiger partial charge in [0, 0.05) is 22.0 Å². The highest BCUT2D eigenvalue weighted by Gasteiger charge is 2.47. The molecule has 0 saturated heterocycles. The van der Waals surface area contributed by atoms with Crippen molar-refractivity contribution in [3.63, 3.8) is 0 Å². The van der Waals surface area contributed by atoms with Crippen molar-refractivity contribution < 1.29 is 4.74 Å². The number of hydrogen-bond acceptors (Lipinski definition) is 2. The van der Waals surface area contributed by atoms with Crippen LogP contribution in [0.4, 0.5) is 0 Å². The standard InChI is InChI=1S/C26H23NO/c1-25(2)18-12-8-6-10-15(18)20-22(25)17(14-27)23-21(24(20)28-5)16-11-7-9-13-19(16)26(23,3)4/h6-13H,1-5H3. The smallest absolute Gasteiger partial charge is 0.135 e. The Balaban J connectivity index is 2.05. The first-order chi connectivity index (χ1) is 13.4. The zero-order valence-electron chi connectivity index (χ0n) is 17.0. The van der Waals surface area contributed by atoms with Crippen molar-refractivity contribution >= 4 is 0 Å². The van der Waals surface area contributed by atoms with E-state index in [0.29, 0.717) is 0 Å². The average Bonchev–Trinajstić information content (AvgIpc) is 3.08. The fourth-order valence-electron chi connectivity index (χ4n) is 5.57. The summed E-state index contributed by atoms with van der Waals surface area (Å²) in [7, 11) is 1.75. The molecule has 0 unspecified atom stereocenters. The van der Waals surface area contributed by atoms with Crippen LogP contribution >= 0.6 is 0 Å². The minimum Gasteiger partial charge on any atom is -0.495 e. The maximum Gasteiger partial charge on any atom is 0.135 e. The maximum absolute atomic E-state index is 10.4. The fraction of sp³-hybridized carbons (Fsp3) is 0.269. The third-order valence-electron chi connectivity index (χ3n) is 6.76. The number of methoxy groups -OCH3 is 1. The summed E-state index contributed by atoms with van der Waals surface area (Å²) in [6, 6.07) is 19.6. The second-order valence-electron chi connectivity index (χ2n) is 8.86. The lowest BCUT2D eigenvalue weighted by atomic mass is 9.74. The van der Waals surface area contributed by atoms with Gasteiger partial charge in [-0.05, 0) is 33.4 Å². The van der Waals surface area contributed by atoms with Gasteiger partial charge in [0.15, 0.2) is 0 Å². The molecule has 3 aromatic carbocycles. The summed E-state index contributed by atoms with van der Waals surface area (Å²) in [6.07, 6.45) is 0. The Hall–Kier alpha value is -3.05. The van der Waals surface area contributed by atoms with E-state index in [4.69, 9.17) is 4.74 Å². The number of fused-ring (bicyclic) bond motifs is 6. The first-order valence-electron chi connectivity index (χ1n) is 9.74. The van der Waals surface area contributed by atoms with Gasteiger partial charge in [-0.1, -0.05) is 76.2 Å². The number of benzene rings is 3. The van der Waals surface area contributed by atoms with E-state index in [-0.39, 0.29) is 10.8 Å². The molecule has 28 heavy (non-hydrogen) atoms. The van der Waals surface area contributed by atoms with Gasteiger partial charge in [0.25, 0.3) is 0 Å². The van der Waals surface area contributed by atoms with Gasteiger partial charge >= 0.3 is 0 Å². The van der Waals surface area contributed by atoms with Crippen LogP contribution in [0.1, 0.15) is 55.5 Å². The molecule has 2 nitrogen and oxygen atoms in total. The van der Waals surface area contributed by atoms with E-state index in [2.05, 4.69) is 82.3 Å². The Morgan fingerprint density at radius 3 is 1.57 bits per heavy atom. The summed E-state index contributed by atoms with van der Waals surface area (Å²) in [6.45, 7) is 8.89. The molecule has 138 valence electrons. The number of nitriles is 1. The minimum absolute atomic E-state index is 0.246. The number of hydrogen-bond donors (Lipinski definition) is 0. The molecule has 0 aliphatic heterocycles. The Bertz CT molecular complexity index is 1120. The highest BCUT2D eigenvalue weighted by atomic mass is 16.5. The maximum atomic E-state index is 10.4.